The van der Waals surface area contributed by atoms with Crippen LogP contribution in [0.2, 0.25) is 10.0 Å². The van der Waals surface area contributed by atoms with Crippen LogP contribution in [0, 0.1) is 5.92 Å². The van der Waals surface area contributed by atoms with E-state index in [4.69, 9.17) is 42.1 Å². The van der Waals surface area contributed by atoms with Gasteiger partial charge < -0.3 is 23.8 Å². The van der Waals surface area contributed by atoms with E-state index in [1.807, 2.05) is 0 Å². The fourth-order valence-corrected chi connectivity index (χ4v) is 3.72. The van der Waals surface area contributed by atoms with Crippen LogP contribution in [-0.2, 0) is 19.0 Å². The van der Waals surface area contributed by atoms with E-state index in [1.54, 1.807) is 44.7 Å². The second-order valence-electron chi connectivity index (χ2n) is 8.11. The summed E-state index contributed by atoms with van der Waals surface area (Å²) in [5.74, 6) is 0.0742. The molecule has 0 bridgehead atoms. The number of carbonyl (C=O) groups is 2. The molecule has 2 atom stereocenters. The lowest BCUT2D eigenvalue weighted by Gasteiger charge is -2.29. The Morgan fingerprint density at radius 2 is 1.87 bits per heavy atom. The van der Waals surface area contributed by atoms with Crippen LogP contribution in [0.1, 0.15) is 52.1 Å². The highest BCUT2D eigenvalue weighted by Crippen LogP contribution is 2.44. The summed E-state index contributed by atoms with van der Waals surface area (Å²) in [6.45, 7) is 7.85. The first-order valence-electron chi connectivity index (χ1n) is 9.81. The van der Waals surface area contributed by atoms with Crippen molar-refractivity contribution in [1.82, 2.24) is 4.90 Å². The molecule has 1 heterocycles. The van der Waals surface area contributed by atoms with E-state index in [9.17, 15) is 9.59 Å². The summed E-state index contributed by atoms with van der Waals surface area (Å²) in [5.41, 5.74) is 0.0205. The molecular weight excluding hydrogens is 433 g/mol. The molecule has 0 saturated carbocycles. The predicted octanol–water partition coefficient (Wildman–Crippen LogP) is 5.23. The van der Waals surface area contributed by atoms with E-state index in [-0.39, 0.29) is 25.1 Å². The lowest BCUT2D eigenvalue weighted by atomic mass is 9.97. The molecule has 30 heavy (non-hydrogen) atoms. The number of carbonyl (C=O) groups excluding carboxylic acids is 2. The minimum Gasteiger partial charge on any atom is -0.467 e. The molecule has 1 aliphatic rings. The van der Waals surface area contributed by atoms with Crippen molar-refractivity contribution in [3.05, 3.63) is 27.7 Å². The van der Waals surface area contributed by atoms with Gasteiger partial charge in [0.05, 0.1) is 29.1 Å². The molecule has 1 unspecified atom stereocenters. The third kappa shape index (κ3) is 6.65. The molecule has 1 aliphatic heterocycles. The van der Waals surface area contributed by atoms with Gasteiger partial charge in [-0.25, -0.2) is 4.79 Å². The summed E-state index contributed by atoms with van der Waals surface area (Å²) in [4.78, 5) is 26.6. The first-order valence-corrected chi connectivity index (χ1v) is 10.6. The molecule has 0 aromatic heterocycles. The summed E-state index contributed by atoms with van der Waals surface area (Å²) in [6.07, 6.45) is 0.265. The fourth-order valence-electron chi connectivity index (χ4n) is 3.40. The second kappa shape index (κ2) is 10.6. The molecule has 0 spiro atoms. The molecular formula is C21H29Cl2NO6. The van der Waals surface area contributed by atoms with Gasteiger partial charge in [-0.05, 0) is 46.1 Å². The van der Waals surface area contributed by atoms with Gasteiger partial charge in [0, 0.05) is 25.3 Å². The van der Waals surface area contributed by atoms with Gasteiger partial charge in [-0.3, -0.25) is 4.79 Å². The number of hydrogen-bond acceptors (Lipinski definition) is 6. The number of rotatable bonds is 7. The molecule has 168 valence electrons. The summed E-state index contributed by atoms with van der Waals surface area (Å²) < 4.78 is 21.4. The standard InChI is InChI=1S/C21H29Cl2NO6/c1-6-28-19(25)8-13-7-17(24(11-13)20(26)30-21(2,3)4)14-9-15(22)16(23)10-18(14)29-12-27-5/h9-10,13,17H,6-8,11-12H2,1-5H3/t13?,17-/m1/s1. The SMILES string of the molecule is CCOC(=O)CC1C[C@H](c2cc(Cl)c(Cl)cc2OCOC)N(C(=O)OC(C)(C)C)C1. The average molecular weight is 462 g/mol. The van der Waals surface area contributed by atoms with Crippen molar-refractivity contribution < 1.29 is 28.5 Å². The number of likely N-dealkylation sites (tertiary alicyclic amines) is 1. The highest BCUT2D eigenvalue weighted by molar-refractivity contribution is 6.42. The Hall–Kier alpha value is -1.70. The van der Waals surface area contributed by atoms with Gasteiger partial charge in [0.15, 0.2) is 6.79 Å². The zero-order valence-electron chi connectivity index (χ0n) is 18.0. The Balaban J connectivity index is 2.38. The molecule has 1 fully saturated rings. The molecule has 0 N–H and O–H groups in total. The summed E-state index contributed by atoms with van der Waals surface area (Å²) in [7, 11) is 1.51. The lowest BCUT2D eigenvalue weighted by Crippen LogP contribution is -2.37. The van der Waals surface area contributed by atoms with Crippen LogP contribution in [0.25, 0.3) is 0 Å². The number of halogens is 2. The van der Waals surface area contributed by atoms with E-state index in [1.165, 1.54) is 7.11 Å². The van der Waals surface area contributed by atoms with E-state index in [2.05, 4.69) is 0 Å². The van der Waals surface area contributed by atoms with Crippen molar-refractivity contribution >= 4 is 35.3 Å². The Morgan fingerprint density at radius 1 is 1.20 bits per heavy atom. The molecule has 1 saturated heterocycles. The highest BCUT2D eigenvalue weighted by Gasteiger charge is 2.40. The third-order valence-electron chi connectivity index (χ3n) is 4.52. The Kier molecular flexibility index (Phi) is 8.64. The van der Waals surface area contributed by atoms with Gasteiger partial charge in [0.1, 0.15) is 11.4 Å². The maximum atomic E-state index is 12.9. The predicted molar refractivity (Wildman–Crippen MR) is 114 cm³/mol. The summed E-state index contributed by atoms with van der Waals surface area (Å²) >= 11 is 12.4. The molecule has 2 rings (SSSR count). The topological polar surface area (TPSA) is 74.3 Å². The number of esters is 1. The number of methoxy groups -OCH3 is 1. The lowest BCUT2D eigenvalue weighted by molar-refractivity contribution is -0.144. The molecule has 1 aromatic rings. The number of benzene rings is 1. The minimum absolute atomic E-state index is 0.0103. The average Bonchev–Trinajstić information content (AvgIpc) is 3.04. The van der Waals surface area contributed by atoms with Gasteiger partial charge in [0.25, 0.3) is 0 Å². The van der Waals surface area contributed by atoms with Crippen molar-refractivity contribution in [2.75, 3.05) is 27.1 Å². The van der Waals surface area contributed by atoms with Crippen molar-refractivity contribution in [1.29, 1.82) is 0 Å². The molecule has 0 radical (unpaired) electrons. The maximum Gasteiger partial charge on any atom is 0.410 e. The fraction of sp³-hybridized carbons (Fsp3) is 0.619. The number of ether oxygens (including phenoxy) is 4. The van der Waals surface area contributed by atoms with Gasteiger partial charge in [0.2, 0.25) is 0 Å². The zero-order valence-corrected chi connectivity index (χ0v) is 19.5. The monoisotopic (exact) mass is 461 g/mol. The minimum atomic E-state index is -0.659. The van der Waals surface area contributed by atoms with Crippen LogP contribution in [0.4, 0.5) is 4.79 Å². The normalized spacial score (nSPS) is 19.0. The smallest absolute Gasteiger partial charge is 0.410 e. The van der Waals surface area contributed by atoms with Crippen molar-refractivity contribution in [3.63, 3.8) is 0 Å². The molecule has 0 aliphatic carbocycles. The second-order valence-corrected chi connectivity index (χ2v) is 8.93. The Morgan fingerprint density at radius 3 is 2.47 bits per heavy atom. The van der Waals surface area contributed by atoms with E-state index in [0.29, 0.717) is 40.9 Å². The summed E-state index contributed by atoms with van der Waals surface area (Å²) in [6, 6.07) is 2.88. The van der Waals surface area contributed by atoms with Crippen molar-refractivity contribution in [3.8, 4) is 5.75 Å². The van der Waals surface area contributed by atoms with E-state index >= 15 is 0 Å². The van der Waals surface area contributed by atoms with Gasteiger partial charge in [-0.1, -0.05) is 23.2 Å². The summed E-state index contributed by atoms with van der Waals surface area (Å²) in [5, 5.41) is 0.672. The van der Waals surface area contributed by atoms with Gasteiger partial charge in [-0.15, -0.1) is 0 Å². The first kappa shape index (κ1) is 24.6. The number of nitrogens with zero attached hydrogens (tertiary/aromatic N) is 1. The maximum absolute atomic E-state index is 12.9. The van der Waals surface area contributed by atoms with E-state index < -0.39 is 17.7 Å². The van der Waals surface area contributed by atoms with Crippen molar-refractivity contribution in [2.24, 2.45) is 5.92 Å². The van der Waals surface area contributed by atoms with Crippen LogP contribution in [0.15, 0.2) is 12.1 Å². The quantitative estimate of drug-likeness (QED) is 0.408. The van der Waals surface area contributed by atoms with Gasteiger partial charge >= 0.3 is 12.1 Å². The highest BCUT2D eigenvalue weighted by atomic mass is 35.5. The molecule has 1 amide bonds. The number of hydrogen-bond donors (Lipinski definition) is 0. The molecule has 7 nitrogen and oxygen atoms in total. The van der Waals surface area contributed by atoms with Gasteiger partial charge in [-0.2, -0.15) is 0 Å². The number of amides is 1. The Bertz CT molecular complexity index is 765. The Labute approximate surface area is 187 Å². The van der Waals surface area contributed by atoms with Crippen LogP contribution >= 0.6 is 23.2 Å². The van der Waals surface area contributed by atoms with Crippen molar-refractivity contribution in [2.45, 2.75) is 52.2 Å². The zero-order chi connectivity index (χ0) is 22.5. The first-order chi connectivity index (χ1) is 14.1. The van der Waals surface area contributed by atoms with Crippen LogP contribution in [-0.4, -0.2) is 49.6 Å². The van der Waals surface area contributed by atoms with E-state index in [0.717, 1.165) is 0 Å². The molecule has 9 heteroatoms. The van der Waals surface area contributed by atoms with Crippen LogP contribution < -0.4 is 4.74 Å². The van der Waals surface area contributed by atoms with Crippen LogP contribution in [0.5, 0.6) is 5.75 Å². The third-order valence-corrected chi connectivity index (χ3v) is 5.24. The molecule has 1 aromatic carbocycles. The largest absolute Gasteiger partial charge is 0.467 e. The van der Waals surface area contributed by atoms with Crippen LogP contribution in [0.3, 0.4) is 0 Å².